The Morgan fingerprint density at radius 2 is 2.21 bits per heavy atom. The summed E-state index contributed by atoms with van der Waals surface area (Å²) in [6.45, 7) is 2.47. The molecule has 14 heavy (non-hydrogen) atoms. The third-order valence-corrected chi connectivity index (χ3v) is 5.41. The van der Waals surface area contributed by atoms with E-state index in [1.54, 1.807) is 4.90 Å². The number of carboxylic acid groups (broad SMARTS) is 1. The van der Waals surface area contributed by atoms with Crippen molar-refractivity contribution in [2.45, 2.75) is 30.7 Å². The average Bonchev–Trinajstić information content (AvgIpc) is 2.55. The van der Waals surface area contributed by atoms with E-state index < -0.39 is 27.1 Å². The second-order valence-corrected chi connectivity index (χ2v) is 6.14. The fourth-order valence-electron chi connectivity index (χ4n) is 2.63. The molecule has 5 nitrogen and oxygen atoms in total. The minimum Gasteiger partial charge on any atom is -0.480 e. The summed E-state index contributed by atoms with van der Waals surface area (Å²) in [5, 5.41) is 8.29. The number of rotatable bonds is 2. The highest BCUT2D eigenvalue weighted by atomic mass is 32.2. The molecule has 0 radical (unpaired) electrons. The van der Waals surface area contributed by atoms with Gasteiger partial charge in [-0.3, -0.25) is 9.69 Å². The standard InChI is InChI=1S/C8H13NO4S/c1-2-9-5-3-6(7(9)8(10)11)14(12,13)4-5/h5-7H,2-4H2,1H3,(H,10,11). The minimum absolute atomic E-state index is 0.0731. The number of carboxylic acids is 1. The Morgan fingerprint density at radius 1 is 1.57 bits per heavy atom. The van der Waals surface area contributed by atoms with Gasteiger partial charge in [-0.2, -0.15) is 0 Å². The Morgan fingerprint density at radius 3 is 2.71 bits per heavy atom. The second-order valence-electron chi connectivity index (χ2n) is 3.87. The number of nitrogens with zero attached hydrogens (tertiary/aromatic N) is 1. The molecule has 6 heteroatoms. The van der Waals surface area contributed by atoms with Crippen molar-refractivity contribution in [2.75, 3.05) is 12.3 Å². The molecule has 0 amide bonds. The van der Waals surface area contributed by atoms with E-state index in [4.69, 9.17) is 5.11 Å². The summed E-state index contributed by atoms with van der Waals surface area (Å²) < 4.78 is 23.0. The summed E-state index contributed by atoms with van der Waals surface area (Å²) in [6, 6.07) is -0.889. The van der Waals surface area contributed by atoms with Crippen LogP contribution in [0.2, 0.25) is 0 Å². The van der Waals surface area contributed by atoms with Crippen LogP contribution < -0.4 is 0 Å². The summed E-state index contributed by atoms with van der Waals surface area (Å²) in [6.07, 6.45) is 0.493. The van der Waals surface area contributed by atoms with Crippen molar-refractivity contribution in [1.82, 2.24) is 4.90 Å². The molecule has 3 atom stereocenters. The highest BCUT2D eigenvalue weighted by Gasteiger charge is 2.57. The molecular formula is C8H13NO4S. The molecule has 2 saturated heterocycles. The Kier molecular flexibility index (Phi) is 2.08. The fourth-order valence-corrected chi connectivity index (χ4v) is 4.92. The number of likely N-dealkylation sites (tertiary alicyclic amines) is 1. The van der Waals surface area contributed by atoms with E-state index >= 15 is 0 Å². The normalized spacial score (nSPS) is 40.2. The van der Waals surface area contributed by atoms with Crippen LogP contribution in [0.4, 0.5) is 0 Å². The summed E-state index contributed by atoms with van der Waals surface area (Å²) in [5.41, 5.74) is 0. The van der Waals surface area contributed by atoms with Crippen LogP contribution in [0, 0.1) is 0 Å². The first kappa shape index (κ1) is 9.92. The number of hydrogen-bond acceptors (Lipinski definition) is 4. The zero-order valence-corrected chi connectivity index (χ0v) is 8.70. The predicted octanol–water partition coefficient (Wildman–Crippen LogP) is -0.669. The van der Waals surface area contributed by atoms with Crippen molar-refractivity contribution in [3.05, 3.63) is 0 Å². The molecule has 0 aromatic heterocycles. The topological polar surface area (TPSA) is 74.7 Å². The Balaban J connectivity index is 2.36. The number of fused-ring (bicyclic) bond motifs is 2. The second kappa shape index (κ2) is 2.93. The van der Waals surface area contributed by atoms with Gasteiger partial charge in [0.2, 0.25) is 0 Å². The number of aliphatic carboxylic acids is 1. The van der Waals surface area contributed by atoms with Gasteiger partial charge in [-0.25, -0.2) is 8.42 Å². The van der Waals surface area contributed by atoms with Gasteiger partial charge in [-0.15, -0.1) is 0 Å². The van der Waals surface area contributed by atoms with Crippen LogP contribution in [0.15, 0.2) is 0 Å². The number of sulfone groups is 1. The Bertz CT molecular complexity index is 364. The monoisotopic (exact) mass is 219 g/mol. The molecule has 1 N–H and O–H groups in total. The largest absolute Gasteiger partial charge is 0.480 e. The van der Waals surface area contributed by atoms with Crippen LogP contribution in [-0.2, 0) is 14.6 Å². The third kappa shape index (κ3) is 1.17. The molecule has 0 saturated carbocycles. The maximum absolute atomic E-state index is 11.5. The fraction of sp³-hybridized carbons (Fsp3) is 0.875. The highest BCUT2D eigenvalue weighted by Crippen LogP contribution is 2.37. The molecule has 0 aliphatic carbocycles. The number of likely N-dealkylation sites (N-methyl/N-ethyl adjacent to an activating group) is 1. The van der Waals surface area contributed by atoms with Crippen molar-refractivity contribution in [3.8, 4) is 0 Å². The maximum atomic E-state index is 11.5. The smallest absolute Gasteiger partial charge is 0.322 e. The van der Waals surface area contributed by atoms with E-state index in [1.807, 2.05) is 6.92 Å². The van der Waals surface area contributed by atoms with Gasteiger partial charge in [0.1, 0.15) is 6.04 Å². The van der Waals surface area contributed by atoms with Crippen LogP contribution in [0.5, 0.6) is 0 Å². The van der Waals surface area contributed by atoms with E-state index in [9.17, 15) is 13.2 Å². The van der Waals surface area contributed by atoms with Gasteiger partial charge in [0, 0.05) is 6.04 Å². The van der Waals surface area contributed by atoms with Gasteiger partial charge in [-0.05, 0) is 13.0 Å². The summed E-state index contributed by atoms with van der Waals surface area (Å²) in [4.78, 5) is 12.7. The van der Waals surface area contributed by atoms with Gasteiger partial charge < -0.3 is 5.11 Å². The zero-order chi connectivity index (χ0) is 10.5. The van der Waals surface area contributed by atoms with E-state index in [2.05, 4.69) is 0 Å². The van der Waals surface area contributed by atoms with Crippen LogP contribution in [0.1, 0.15) is 13.3 Å². The van der Waals surface area contributed by atoms with E-state index in [1.165, 1.54) is 0 Å². The van der Waals surface area contributed by atoms with E-state index in [0.717, 1.165) is 0 Å². The van der Waals surface area contributed by atoms with Crippen LogP contribution in [-0.4, -0.2) is 54.0 Å². The molecule has 3 unspecified atom stereocenters. The molecule has 2 aliphatic heterocycles. The van der Waals surface area contributed by atoms with Crippen molar-refractivity contribution in [1.29, 1.82) is 0 Å². The van der Waals surface area contributed by atoms with Gasteiger partial charge in [-0.1, -0.05) is 6.92 Å². The average molecular weight is 219 g/mol. The lowest BCUT2D eigenvalue weighted by Gasteiger charge is -2.30. The van der Waals surface area contributed by atoms with Crippen LogP contribution >= 0.6 is 0 Å². The quantitative estimate of drug-likeness (QED) is 0.666. The minimum atomic E-state index is -3.15. The molecule has 0 aromatic carbocycles. The molecule has 0 aromatic rings. The SMILES string of the molecule is CCN1C2CC(C1C(=O)O)S(=O)(=O)C2. The number of carbonyl (C=O) groups is 1. The lowest BCUT2D eigenvalue weighted by molar-refractivity contribution is -0.142. The Hall–Kier alpha value is -0.620. The molecule has 0 spiro atoms. The predicted molar refractivity (Wildman–Crippen MR) is 49.8 cm³/mol. The van der Waals surface area contributed by atoms with Crippen molar-refractivity contribution >= 4 is 15.8 Å². The third-order valence-electron chi connectivity index (χ3n) is 3.19. The van der Waals surface area contributed by atoms with Gasteiger partial charge in [0.05, 0.1) is 11.0 Å². The molecule has 80 valence electrons. The first-order valence-electron chi connectivity index (χ1n) is 4.67. The molecule has 2 aliphatic rings. The van der Waals surface area contributed by atoms with Crippen molar-refractivity contribution < 1.29 is 18.3 Å². The van der Waals surface area contributed by atoms with Gasteiger partial charge in [0.25, 0.3) is 0 Å². The molecular weight excluding hydrogens is 206 g/mol. The lowest BCUT2D eigenvalue weighted by Crippen LogP contribution is -2.52. The maximum Gasteiger partial charge on any atom is 0.322 e. The number of hydrogen-bond donors (Lipinski definition) is 1. The zero-order valence-electron chi connectivity index (χ0n) is 7.88. The van der Waals surface area contributed by atoms with Gasteiger partial charge in [0.15, 0.2) is 9.84 Å². The van der Waals surface area contributed by atoms with Crippen LogP contribution in [0.3, 0.4) is 0 Å². The highest BCUT2D eigenvalue weighted by molar-refractivity contribution is 7.92. The first-order valence-corrected chi connectivity index (χ1v) is 6.39. The summed E-state index contributed by atoms with van der Waals surface area (Å²) in [7, 11) is -3.15. The van der Waals surface area contributed by atoms with Crippen molar-refractivity contribution in [3.63, 3.8) is 0 Å². The summed E-state index contributed by atoms with van der Waals surface area (Å²) in [5.74, 6) is -0.877. The summed E-state index contributed by atoms with van der Waals surface area (Å²) >= 11 is 0. The van der Waals surface area contributed by atoms with E-state index in [0.29, 0.717) is 13.0 Å². The Labute approximate surface area is 82.6 Å². The van der Waals surface area contributed by atoms with Crippen molar-refractivity contribution in [2.24, 2.45) is 0 Å². The van der Waals surface area contributed by atoms with E-state index in [-0.39, 0.29) is 11.8 Å². The first-order chi connectivity index (χ1) is 6.47. The van der Waals surface area contributed by atoms with Crippen LogP contribution in [0.25, 0.3) is 0 Å². The molecule has 2 rings (SSSR count). The molecule has 2 fully saturated rings. The molecule has 2 heterocycles. The lowest BCUT2D eigenvalue weighted by atomic mass is 10.2. The van der Waals surface area contributed by atoms with Gasteiger partial charge >= 0.3 is 5.97 Å². The molecule has 2 bridgehead atoms.